The zero-order valence-electron chi connectivity index (χ0n) is 14.6. The number of ether oxygens (including phenoxy) is 1. The first-order valence-corrected chi connectivity index (χ1v) is 8.97. The first-order valence-electron chi connectivity index (χ1n) is 8.97. The maximum Gasteiger partial charge on any atom is 0.254 e. The molecule has 2 aliphatic rings. The quantitative estimate of drug-likeness (QED) is 0.933. The summed E-state index contributed by atoms with van der Waals surface area (Å²) < 4.78 is 5.59. The predicted octanol–water partition coefficient (Wildman–Crippen LogP) is 2.53. The summed E-state index contributed by atoms with van der Waals surface area (Å²) in [7, 11) is 0. The van der Waals surface area contributed by atoms with E-state index >= 15 is 0 Å². The van der Waals surface area contributed by atoms with Crippen LogP contribution in [0.1, 0.15) is 40.8 Å². The number of nitrogens with one attached hydrogen (secondary N) is 1. The number of imidazole rings is 1. The van der Waals surface area contributed by atoms with Gasteiger partial charge in [0.05, 0.1) is 13.2 Å². The number of benzene rings is 1. The van der Waals surface area contributed by atoms with E-state index in [0.29, 0.717) is 19.8 Å². The fourth-order valence-corrected chi connectivity index (χ4v) is 3.63. The molecule has 3 heterocycles. The molecule has 132 valence electrons. The molecule has 25 heavy (non-hydrogen) atoms. The summed E-state index contributed by atoms with van der Waals surface area (Å²) in [6, 6.07) is 7.84. The number of carbonyl (C=O) groups is 1. The monoisotopic (exact) mass is 340 g/mol. The average molecular weight is 340 g/mol. The van der Waals surface area contributed by atoms with Crippen molar-refractivity contribution in [2.45, 2.75) is 25.8 Å². The molecule has 1 aromatic carbocycles. The van der Waals surface area contributed by atoms with Crippen LogP contribution in [0.15, 0.2) is 30.5 Å². The van der Waals surface area contributed by atoms with Crippen LogP contribution in [0.5, 0.6) is 0 Å². The Balaban J connectivity index is 1.53. The zero-order valence-corrected chi connectivity index (χ0v) is 14.6. The van der Waals surface area contributed by atoms with E-state index in [1.807, 2.05) is 24.0 Å². The number of H-pyrrole nitrogens is 1. The van der Waals surface area contributed by atoms with Gasteiger partial charge < -0.3 is 19.5 Å². The third-order valence-corrected chi connectivity index (χ3v) is 5.01. The van der Waals surface area contributed by atoms with Gasteiger partial charge in [-0.05, 0) is 44.0 Å². The molecule has 2 fully saturated rings. The second kappa shape index (κ2) is 6.88. The van der Waals surface area contributed by atoms with E-state index in [2.05, 4.69) is 27.0 Å². The van der Waals surface area contributed by atoms with E-state index in [1.54, 1.807) is 6.20 Å². The number of amides is 1. The molecule has 0 spiro atoms. The minimum absolute atomic E-state index is 0.0373. The van der Waals surface area contributed by atoms with Crippen LogP contribution < -0.4 is 4.90 Å². The van der Waals surface area contributed by atoms with Gasteiger partial charge in [-0.25, -0.2) is 4.98 Å². The van der Waals surface area contributed by atoms with E-state index in [9.17, 15) is 4.79 Å². The van der Waals surface area contributed by atoms with Crippen LogP contribution in [0.4, 0.5) is 5.69 Å². The largest absolute Gasteiger partial charge is 0.377 e. The lowest BCUT2D eigenvalue weighted by Crippen LogP contribution is -2.43. The SMILES string of the molecule is Cc1cnc([C@@H]2COCCN2C(=O)c2ccc(N3CCCC3)cc2)[nH]1. The molecule has 1 amide bonds. The van der Waals surface area contributed by atoms with Crippen molar-refractivity contribution in [3.63, 3.8) is 0 Å². The Labute approximate surface area is 147 Å². The first-order chi connectivity index (χ1) is 12.2. The summed E-state index contributed by atoms with van der Waals surface area (Å²) >= 11 is 0. The van der Waals surface area contributed by atoms with Gasteiger partial charge >= 0.3 is 0 Å². The Kier molecular flexibility index (Phi) is 4.44. The van der Waals surface area contributed by atoms with E-state index < -0.39 is 0 Å². The number of morpholine rings is 1. The number of hydrogen-bond acceptors (Lipinski definition) is 4. The standard InChI is InChI=1S/C19H24N4O2/c1-14-12-20-18(21-14)17-13-25-11-10-23(17)19(24)15-4-6-16(7-5-15)22-8-2-3-9-22/h4-7,12,17H,2-3,8-11,13H2,1H3,(H,20,21)/t17-/m0/s1. The summed E-state index contributed by atoms with van der Waals surface area (Å²) in [5.74, 6) is 0.828. The molecule has 2 aromatic rings. The summed E-state index contributed by atoms with van der Waals surface area (Å²) in [5.41, 5.74) is 2.91. The van der Waals surface area contributed by atoms with Gasteiger partial charge in [-0.1, -0.05) is 0 Å². The van der Waals surface area contributed by atoms with E-state index in [1.165, 1.54) is 18.5 Å². The molecule has 1 atom stereocenters. The van der Waals surface area contributed by atoms with Crippen LogP contribution in [-0.2, 0) is 4.74 Å². The Morgan fingerprint density at radius 2 is 1.96 bits per heavy atom. The van der Waals surface area contributed by atoms with Gasteiger partial charge in [-0.2, -0.15) is 0 Å². The number of aromatic amines is 1. The predicted molar refractivity (Wildman–Crippen MR) is 95.8 cm³/mol. The number of anilines is 1. The number of nitrogens with zero attached hydrogens (tertiary/aromatic N) is 3. The Morgan fingerprint density at radius 3 is 2.64 bits per heavy atom. The lowest BCUT2D eigenvalue weighted by molar-refractivity contribution is -0.00500. The van der Waals surface area contributed by atoms with Crippen LogP contribution in [0.2, 0.25) is 0 Å². The van der Waals surface area contributed by atoms with Gasteiger partial charge in [-0.3, -0.25) is 4.79 Å². The van der Waals surface area contributed by atoms with Crippen LogP contribution in [0.3, 0.4) is 0 Å². The fourth-order valence-electron chi connectivity index (χ4n) is 3.63. The fraction of sp³-hybridized carbons (Fsp3) is 0.474. The van der Waals surface area contributed by atoms with Crippen molar-refractivity contribution in [3.05, 3.63) is 47.5 Å². The second-order valence-electron chi connectivity index (χ2n) is 6.78. The number of aryl methyl sites for hydroxylation is 1. The molecule has 0 radical (unpaired) electrons. The Bertz CT molecular complexity index is 734. The molecule has 4 rings (SSSR count). The maximum absolute atomic E-state index is 13.0. The van der Waals surface area contributed by atoms with Crippen LogP contribution in [0, 0.1) is 6.92 Å². The zero-order chi connectivity index (χ0) is 17.2. The van der Waals surface area contributed by atoms with Crippen molar-refractivity contribution in [2.24, 2.45) is 0 Å². The summed E-state index contributed by atoms with van der Waals surface area (Å²) in [5, 5.41) is 0. The highest BCUT2D eigenvalue weighted by atomic mass is 16.5. The topological polar surface area (TPSA) is 61.5 Å². The van der Waals surface area contributed by atoms with Crippen molar-refractivity contribution in [2.75, 3.05) is 37.7 Å². The van der Waals surface area contributed by atoms with Crippen molar-refractivity contribution < 1.29 is 9.53 Å². The highest BCUT2D eigenvalue weighted by molar-refractivity contribution is 5.95. The van der Waals surface area contributed by atoms with Gasteiger partial charge in [0, 0.05) is 42.8 Å². The van der Waals surface area contributed by atoms with E-state index in [4.69, 9.17) is 4.74 Å². The smallest absolute Gasteiger partial charge is 0.254 e. The highest BCUT2D eigenvalue weighted by Crippen LogP contribution is 2.26. The summed E-state index contributed by atoms with van der Waals surface area (Å²) in [6.45, 7) is 5.80. The van der Waals surface area contributed by atoms with Crippen molar-refractivity contribution in [1.29, 1.82) is 0 Å². The van der Waals surface area contributed by atoms with Crippen LogP contribution in [-0.4, -0.2) is 53.6 Å². The maximum atomic E-state index is 13.0. The molecule has 0 bridgehead atoms. The molecule has 6 heteroatoms. The van der Waals surface area contributed by atoms with E-state index in [0.717, 1.165) is 30.2 Å². The van der Waals surface area contributed by atoms with Crippen molar-refractivity contribution in [1.82, 2.24) is 14.9 Å². The Hall–Kier alpha value is -2.34. The number of carbonyl (C=O) groups excluding carboxylic acids is 1. The van der Waals surface area contributed by atoms with E-state index in [-0.39, 0.29) is 11.9 Å². The van der Waals surface area contributed by atoms with Crippen LogP contribution in [0.25, 0.3) is 0 Å². The summed E-state index contributed by atoms with van der Waals surface area (Å²) in [4.78, 5) is 24.9. The molecule has 2 aliphatic heterocycles. The van der Waals surface area contributed by atoms with Gasteiger partial charge in [0.25, 0.3) is 5.91 Å². The van der Waals surface area contributed by atoms with Crippen molar-refractivity contribution in [3.8, 4) is 0 Å². The highest BCUT2D eigenvalue weighted by Gasteiger charge is 2.31. The molecule has 0 aliphatic carbocycles. The van der Waals surface area contributed by atoms with Gasteiger partial charge in [0.15, 0.2) is 0 Å². The van der Waals surface area contributed by atoms with Crippen LogP contribution >= 0.6 is 0 Å². The molecular weight excluding hydrogens is 316 g/mol. The van der Waals surface area contributed by atoms with Gasteiger partial charge in [-0.15, -0.1) is 0 Å². The number of hydrogen-bond donors (Lipinski definition) is 1. The first kappa shape index (κ1) is 16.1. The summed E-state index contributed by atoms with van der Waals surface area (Å²) in [6.07, 6.45) is 4.29. The minimum atomic E-state index is -0.159. The van der Waals surface area contributed by atoms with Gasteiger partial charge in [0.2, 0.25) is 0 Å². The third-order valence-electron chi connectivity index (χ3n) is 5.01. The molecular formula is C19H24N4O2. The third kappa shape index (κ3) is 3.26. The average Bonchev–Trinajstić information content (AvgIpc) is 3.33. The number of aromatic nitrogens is 2. The number of rotatable bonds is 3. The molecule has 1 N–H and O–H groups in total. The van der Waals surface area contributed by atoms with Crippen molar-refractivity contribution >= 4 is 11.6 Å². The molecule has 0 saturated carbocycles. The normalized spacial score (nSPS) is 20.9. The lowest BCUT2D eigenvalue weighted by atomic mass is 10.1. The Morgan fingerprint density at radius 1 is 1.20 bits per heavy atom. The minimum Gasteiger partial charge on any atom is -0.377 e. The molecule has 0 unspecified atom stereocenters. The second-order valence-corrected chi connectivity index (χ2v) is 6.78. The molecule has 6 nitrogen and oxygen atoms in total. The lowest BCUT2D eigenvalue weighted by Gasteiger charge is -2.34. The molecule has 1 aromatic heterocycles. The van der Waals surface area contributed by atoms with Gasteiger partial charge in [0.1, 0.15) is 11.9 Å². The molecule has 2 saturated heterocycles.